The summed E-state index contributed by atoms with van der Waals surface area (Å²) in [6.45, 7) is 2.31. The number of hydrogen-bond acceptors (Lipinski definition) is 4. The smallest absolute Gasteiger partial charge is 0.306 e. The summed E-state index contributed by atoms with van der Waals surface area (Å²) in [7, 11) is 0. The van der Waals surface area contributed by atoms with Gasteiger partial charge in [0.25, 0.3) is 0 Å². The van der Waals surface area contributed by atoms with E-state index in [0.717, 1.165) is 20.8 Å². The zero-order valence-corrected chi connectivity index (χ0v) is 13.2. The van der Waals surface area contributed by atoms with E-state index >= 15 is 0 Å². The Morgan fingerprint density at radius 1 is 1.14 bits per heavy atom. The van der Waals surface area contributed by atoms with E-state index < -0.39 is 0 Å². The summed E-state index contributed by atoms with van der Waals surface area (Å²) in [5.74, 6) is -0.181. The maximum atomic E-state index is 11.8. The van der Waals surface area contributed by atoms with Crippen molar-refractivity contribution in [3.05, 3.63) is 64.7 Å². The Morgan fingerprint density at radius 3 is 2.68 bits per heavy atom. The highest BCUT2D eigenvalue weighted by Crippen LogP contribution is 2.22. The molecule has 0 saturated heterocycles. The fourth-order valence-corrected chi connectivity index (χ4v) is 3.08. The van der Waals surface area contributed by atoms with Gasteiger partial charge in [-0.25, -0.2) is 4.98 Å². The topological polar surface area (TPSA) is 39.2 Å². The van der Waals surface area contributed by atoms with Crippen LogP contribution in [0.25, 0.3) is 10.2 Å². The second-order valence-corrected chi connectivity index (χ2v) is 6.34. The maximum Gasteiger partial charge on any atom is 0.306 e. The highest BCUT2D eigenvalue weighted by atomic mass is 32.1. The maximum absolute atomic E-state index is 11.8. The molecule has 3 nitrogen and oxygen atoms in total. The molecule has 22 heavy (non-hydrogen) atoms. The van der Waals surface area contributed by atoms with Gasteiger partial charge in [0, 0.05) is 6.42 Å². The molecule has 3 aromatic rings. The largest absolute Gasteiger partial charge is 0.458 e. The molecular formula is C18H17NO2S. The number of para-hydroxylation sites is 1. The molecule has 0 aliphatic heterocycles. The Labute approximate surface area is 133 Å². The minimum absolute atomic E-state index is 0.181. The molecule has 0 fully saturated rings. The van der Waals surface area contributed by atoms with Gasteiger partial charge in [-0.2, -0.15) is 0 Å². The molecule has 3 rings (SSSR count). The van der Waals surface area contributed by atoms with Crippen molar-refractivity contribution < 1.29 is 9.53 Å². The van der Waals surface area contributed by atoms with E-state index in [4.69, 9.17) is 4.74 Å². The zero-order chi connectivity index (χ0) is 15.4. The van der Waals surface area contributed by atoms with E-state index in [2.05, 4.69) is 36.2 Å². The van der Waals surface area contributed by atoms with Crippen LogP contribution in [0.3, 0.4) is 0 Å². The van der Waals surface area contributed by atoms with E-state index in [1.54, 1.807) is 11.3 Å². The fraction of sp³-hybridized carbons (Fsp3) is 0.222. The van der Waals surface area contributed by atoms with Crippen LogP contribution < -0.4 is 0 Å². The summed E-state index contributed by atoms with van der Waals surface area (Å²) in [5.41, 5.74) is 3.34. The molecule has 0 atom stereocenters. The molecule has 0 amide bonds. The van der Waals surface area contributed by atoms with Gasteiger partial charge >= 0.3 is 5.97 Å². The van der Waals surface area contributed by atoms with Gasteiger partial charge in [0.05, 0.1) is 10.2 Å². The average Bonchev–Trinajstić information content (AvgIpc) is 2.95. The van der Waals surface area contributed by atoms with Gasteiger partial charge in [-0.05, 0) is 31.0 Å². The molecule has 0 aliphatic rings. The van der Waals surface area contributed by atoms with E-state index in [1.165, 1.54) is 5.56 Å². The molecule has 0 saturated carbocycles. The van der Waals surface area contributed by atoms with Crippen molar-refractivity contribution in [2.24, 2.45) is 0 Å². The molecular weight excluding hydrogens is 294 g/mol. The Kier molecular flexibility index (Phi) is 4.49. The number of esters is 1. The van der Waals surface area contributed by atoms with Crippen LogP contribution in [0.1, 0.15) is 22.6 Å². The molecule has 112 valence electrons. The molecule has 1 heterocycles. The Bertz CT molecular complexity index is 744. The Balaban J connectivity index is 1.50. The van der Waals surface area contributed by atoms with Gasteiger partial charge in [-0.1, -0.05) is 42.0 Å². The van der Waals surface area contributed by atoms with Crippen LogP contribution in [0.2, 0.25) is 0 Å². The summed E-state index contributed by atoms with van der Waals surface area (Å²) >= 11 is 1.57. The number of benzene rings is 2. The first-order chi connectivity index (χ1) is 10.7. The lowest BCUT2D eigenvalue weighted by molar-refractivity contribution is -0.144. The molecule has 0 spiro atoms. The number of aryl methyl sites for hydroxylation is 2. The summed E-state index contributed by atoms with van der Waals surface area (Å²) < 4.78 is 6.43. The molecule has 0 bridgehead atoms. The first kappa shape index (κ1) is 14.7. The molecule has 0 N–H and O–H groups in total. The molecule has 1 aromatic heterocycles. The monoisotopic (exact) mass is 311 g/mol. The van der Waals surface area contributed by atoms with Crippen LogP contribution in [0.15, 0.2) is 48.5 Å². The minimum Gasteiger partial charge on any atom is -0.458 e. The first-order valence-electron chi connectivity index (χ1n) is 7.26. The lowest BCUT2D eigenvalue weighted by Crippen LogP contribution is -2.05. The first-order valence-corrected chi connectivity index (χ1v) is 8.08. The molecule has 0 aliphatic carbocycles. The summed E-state index contributed by atoms with van der Waals surface area (Å²) in [6, 6.07) is 16.2. The molecule has 4 heteroatoms. The van der Waals surface area contributed by atoms with E-state index in [0.29, 0.717) is 12.8 Å². The third kappa shape index (κ3) is 3.71. The zero-order valence-electron chi connectivity index (χ0n) is 12.4. The minimum atomic E-state index is -0.181. The summed E-state index contributed by atoms with van der Waals surface area (Å²) in [4.78, 5) is 16.3. The summed E-state index contributed by atoms with van der Waals surface area (Å²) in [5, 5.41) is 0.838. The van der Waals surface area contributed by atoms with Crippen LogP contribution in [0.4, 0.5) is 0 Å². The van der Waals surface area contributed by atoms with Crippen LogP contribution in [0.5, 0.6) is 0 Å². The third-order valence-electron chi connectivity index (χ3n) is 3.43. The lowest BCUT2D eigenvalue weighted by atomic mass is 10.1. The summed E-state index contributed by atoms with van der Waals surface area (Å²) in [6.07, 6.45) is 1.10. The van der Waals surface area contributed by atoms with Crippen LogP contribution >= 0.6 is 11.3 Å². The van der Waals surface area contributed by atoms with Crippen LogP contribution in [-0.4, -0.2) is 11.0 Å². The predicted octanol–water partition coefficient (Wildman–Crippen LogP) is 4.28. The van der Waals surface area contributed by atoms with Crippen molar-refractivity contribution in [3.8, 4) is 0 Å². The van der Waals surface area contributed by atoms with Crippen molar-refractivity contribution in [2.75, 3.05) is 0 Å². The quantitative estimate of drug-likeness (QED) is 0.660. The average molecular weight is 311 g/mol. The van der Waals surface area contributed by atoms with Gasteiger partial charge in [0.2, 0.25) is 0 Å². The van der Waals surface area contributed by atoms with Crippen molar-refractivity contribution >= 4 is 27.5 Å². The van der Waals surface area contributed by atoms with Crippen LogP contribution in [0, 0.1) is 6.92 Å². The highest BCUT2D eigenvalue weighted by Gasteiger charge is 2.07. The molecule has 0 radical (unpaired) electrons. The third-order valence-corrected chi connectivity index (χ3v) is 4.44. The Morgan fingerprint density at radius 2 is 1.91 bits per heavy atom. The number of nitrogens with zero attached hydrogens (tertiary/aromatic N) is 1. The van der Waals surface area contributed by atoms with Crippen molar-refractivity contribution in [1.82, 2.24) is 4.98 Å². The number of ether oxygens (including phenoxy) is 1. The van der Waals surface area contributed by atoms with Gasteiger partial charge in [0.1, 0.15) is 11.6 Å². The number of thiazole rings is 1. The molecule has 2 aromatic carbocycles. The Hall–Kier alpha value is -2.20. The number of carbonyl (C=O) groups is 1. The van der Waals surface area contributed by atoms with Crippen LogP contribution in [-0.2, 0) is 22.6 Å². The SMILES string of the molecule is Cc1ccc(CCC(=O)OCc2nc3ccccc3s2)cc1. The van der Waals surface area contributed by atoms with E-state index in [9.17, 15) is 4.79 Å². The predicted molar refractivity (Wildman–Crippen MR) is 88.9 cm³/mol. The number of rotatable bonds is 5. The van der Waals surface area contributed by atoms with E-state index in [1.807, 2.05) is 24.3 Å². The number of carbonyl (C=O) groups excluding carboxylic acids is 1. The lowest BCUT2D eigenvalue weighted by Gasteiger charge is -2.03. The van der Waals surface area contributed by atoms with Gasteiger partial charge in [0.15, 0.2) is 0 Å². The van der Waals surface area contributed by atoms with Gasteiger partial charge < -0.3 is 4.74 Å². The number of fused-ring (bicyclic) bond motifs is 1. The van der Waals surface area contributed by atoms with Crippen molar-refractivity contribution in [3.63, 3.8) is 0 Å². The normalized spacial score (nSPS) is 10.8. The van der Waals surface area contributed by atoms with Gasteiger partial charge in [-0.15, -0.1) is 11.3 Å². The molecule has 0 unspecified atom stereocenters. The van der Waals surface area contributed by atoms with Crippen molar-refractivity contribution in [2.45, 2.75) is 26.4 Å². The highest BCUT2D eigenvalue weighted by molar-refractivity contribution is 7.18. The van der Waals surface area contributed by atoms with E-state index in [-0.39, 0.29) is 12.6 Å². The van der Waals surface area contributed by atoms with Crippen molar-refractivity contribution in [1.29, 1.82) is 0 Å². The fourth-order valence-electron chi connectivity index (χ4n) is 2.20. The van der Waals surface area contributed by atoms with Gasteiger partial charge in [-0.3, -0.25) is 4.79 Å². The second-order valence-electron chi connectivity index (χ2n) is 5.22. The number of hydrogen-bond donors (Lipinski definition) is 0. The second kappa shape index (κ2) is 6.71. The standard InChI is InChI=1S/C18H17NO2S/c1-13-6-8-14(9-7-13)10-11-18(20)21-12-17-19-15-4-2-3-5-16(15)22-17/h2-9H,10-12H2,1H3. The number of aromatic nitrogens is 1.